The van der Waals surface area contributed by atoms with Gasteiger partial charge in [0, 0.05) is 24.9 Å². The second kappa shape index (κ2) is 13.7. The molecule has 0 spiro atoms. The highest BCUT2D eigenvalue weighted by molar-refractivity contribution is 7.92. The molecule has 0 saturated heterocycles. The summed E-state index contributed by atoms with van der Waals surface area (Å²) < 4.78 is 34.7. The Hall–Kier alpha value is -4.12. The highest BCUT2D eigenvalue weighted by atomic mass is 35.5. The van der Waals surface area contributed by atoms with Crippen molar-refractivity contribution in [2.75, 3.05) is 4.72 Å². The van der Waals surface area contributed by atoms with Crippen LogP contribution in [0.25, 0.3) is 0 Å². The molecule has 0 saturated carbocycles. The van der Waals surface area contributed by atoms with E-state index in [2.05, 4.69) is 10.0 Å². The van der Waals surface area contributed by atoms with Crippen molar-refractivity contribution < 1.29 is 27.2 Å². The van der Waals surface area contributed by atoms with Crippen LogP contribution in [0.1, 0.15) is 40.6 Å². The fourth-order valence-electron chi connectivity index (χ4n) is 4.15. The zero-order chi connectivity index (χ0) is 30.3. The first-order chi connectivity index (χ1) is 20.0. The minimum absolute atomic E-state index is 0.0000714. The summed E-state index contributed by atoms with van der Waals surface area (Å²) in [5.41, 5.74) is 1.70. The van der Waals surface area contributed by atoms with E-state index in [1.807, 2.05) is 0 Å². The Kier molecular flexibility index (Phi) is 10.1. The van der Waals surface area contributed by atoms with E-state index in [0.29, 0.717) is 22.8 Å². The van der Waals surface area contributed by atoms with Crippen molar-refractivity contribution in [3.63, 3.8) is 0 Å². The van der Waals surface area contributed by atoms with Gasteiger partial charge in [0.05, 0.1) is 34.0 Å². The molecule has 12 heteroatoms. The summed E-state index contributed by atoms with van der Waals surface area (Å²) in [6.07, 6.45) is 1.91. The van der Waals surface area contributed by atoms with Gasteiger partial charge in [0.2, 0.25) is 11.8 Å². The molecule has 1 heterocycles. The maximum Gasteiger partial charge on any atom is 0.261 e. The molecule has 218 valence electrons. The third-order valence-corrected chi connectivity index (χ3v) is 8.13. The Morgan fingerprint density at radius 2 is 1.64 bits per heavy atom. The monoisotopic (exact) mass is 627 g/mol. The lowest BCUT2D eigenvalue weighted by molar-refractivity contribution is -0.129. The van der Waals surface area contributed by atoms with Gasteiger partial charge in [-0.15, -0.1) is 0 Å². The fraction of sp³-hybridized carbons (Fsp3) is 0.167. The minimum atomic E-state index is -4.04. The van der Waals surface area contributed by atoms with Gasteiger partial charge in [-0.25, -0.2) is 8.42 Å². The smallest absolute Gasteiger partial charge is 0.261 e. The van der Waals surface area contributed by atoms with Gasteiger partial charge in [0.15, 0.2) is 0 Å². The summed E-state index contributed by atoms with van der Waals surface area (Å²) in [5.74, 6) is -0.701. The van der Waals surface area contributed by atoms with E-state index >= 15 is 0 Å². The number of nitrogens with one attached hydrogen (secondary N) is 2. The maximum absolute atomic E-state index is 13.6. The van der Waals surface area contributed by atoms with Gasteiger partial charge in [-0.1, -0.05) is 47.5 Å². The van der Waals surface area contributed by atoms with Crippen molar-refractivity contribution in [1.82, 2.24) is 10.2 Å². The Labute approximate surface area is 253 Å². The number of halogens is 2. The number of furan rings is 1. The van der Waals surface area contributed by atoms with Crippen LogP contribution in [0.5, 0.6) is 0 Å². The first-order valence-corrected chi connectivity index (χ1v) is 15.0. The minimum Gasteiger partial charge on any atom is -0.467 e. The first kappa shape index (κ1) is 30.8. The van der Waals surface area contributed by atoms with Crippen molar-refractivity contribution in [3.05, 3.63) is 118 Å². The van der Waals surface area contributed by atoms with E-state index in [1.54, 1.807) is 60.7 Å². The zero-order valence-electron chi connectivity index (χ0n) is 22.5. The molecule has 9 nitrogen and oxygen atoms in total. The number of anilines is 1. The van der Waals surface area contributed by atoms with Gasteiger partial charge in [-0.05, 0) is 72.1 Å². The van der Waals surface area contributed by atoms with Crippen LogP contribution in [0.4, 0.5) is 5.69 Å². The second-order valence-electron chi connectivity index (χ2n) is 9.38. The standard InChI is InChI=1S/C30H27Cl2N3O6S/c1-20(36)33-29(37)15-10-21-8-12-25(13-9-21)42(39,40)34-28-14-11-23(31)17-22(28)18-35(19-24-5-4-16-41-24)30(38)26-6-2-3-7-27(26)32/h2-9,11-14,16-17,34H,10,15,18-19H2,1H3,(H,33,36,37). The van der Waals surface area contributed by atoms with E-state index in [-0.39, 0.29) is 46.6 Å². The summed E-state index contributed by atoms with van der Waals surface area (Å²) in [7, 11) is -4.04. The molecule has 1 aromatic heterocycles. The molecule has 0 bridgehead atoms. The van der Waals surface area contributed by atoms with Crippen LogP contribution in [0.2, 0.25) is 10.0 Å². The number of amides is 3. The second-order valence-corrected chi connectivity index (χ2v) is 11.9. The summed E-state index contributed by atoms with van der Waals surface area (Å²) >= 11 is 12.6. The first-order valence-electron chi connectivity index (χ1n) is 12.8. The van der Waals surface area contributed by atoms with Crippen LogP contribution >= 0.6 is 23.2 Å². The van der Waals surface area contributed by atoms with Crippen molar-refractivity contribution >= 4 is 56.6 Å². The van der Waals surface area contributed by atoms with Crippen molar-refractivity contribution in [3.8, 4) is 0 Å². The van der Waals surface area contributed by atoms with Crippen molar-refractivity contribution in [2.24, 2.45) is 0 Å². The lowest BCUT2D eigenvalue weighted by Crippen LogP contribution is -2.30. The number of carbonyl (C=O) groups is 3. The van der Waals surface area contributed by atoms with E-state index in [0.717, 1.165) is 5.56 Å². The highest BCUT2D eigenvalue weighted by Crippen LogP contribution is 2.28. The molecule has 0 aliphatic carbocycles. The lowest BCUT2D eigenvalue weighted by atomic mass is 10.1. The van der Waals surface area contributed by atoms with Gasteiger partial charge in [-0.3, -0.25) is 24.4 Å². The quantitative estimate of drug-likeness (QED) is 0.216. The largest absolute Gasteiger partial charge is 0.467 e. The van der Waals surface area contributed by atoms with E-state index < -0.39 is 21.8 Å². The molecule has 0 aliphatic heterocycles. The molecule has 0 fully saturated rings. The number of hydrogen-bond donors (Lipinski definition) is 2. The van der Waals surface area contributed by atoms with E-state index in [4.69, 9.17) is 27.6 Å². The number of imide groups is 1. The third-order valence-electron chi connectivity index (χ3n) is 6.18. The molecule has 0 atom stereocenters. The number of nitrogens with zero attached hydrogens (tertiary/aromatic N) is 1. The van der Waals surface area contributed by atoms with Crippen LogP contribution in [-0.2, 0) is 39.1 Å². The summed E-state index contributed by atoms with van der Waals surface area (Å²) in [6, 6.07) is 20.8. The molecule has 2 N–H and O–H groups in total. The summed E-state index contributed by atoms with van der Waals surface area (Å²) in [5, 5.41) is 2.84. The predicted octanol–water partition coefficient (Wildman–Crippen LogP) is 5.83. The number of aryl methyl sites for hydroxylation is 1. The van der Waals surface area contributed by atoms with Crippen LogP contribution in [-0.4, -0.2) is 31.0 Å². The van der Waals surface area contributed by atoms with Crippen LogP contribution < -0.4 is 10.0 Å². The van der Waals surface area contributed by atoms with Gasteiger partial charge < -0.3 is 9.32 Å². The number of rotatable bonds is 11. The van der Waals surface area contributed by atoms with Gasteiger partial charge in [0.25, 0.3) is 15.9 Å². The molecule has 4 rings (SSSR count). The number of carbonyl (C=O) groups excluding carboxylic acids is 3. The zero-order valence-corrected chi connectivity index (χ0v) is 24.8. The maximum atomic E-state index is 13.6. The fourth-order valence-corrected chi connectivity index (χ4v) is 5.66. The predicted molar refractivity (Wildman–Crippen MR) is 160 cm³/mol. The van der Waals surface area contributed by atoms with Crippen LogP contribution in [0.3, 0.4) is 0 Å². The average Bonchev–Trinajstić information content (AvgIpc) is 3.46. The van der Waals surface area contributed by atoms with E-state index in [1.165, 1.54) is 36.3 Å². The SMILES string of the molecule is CC(=O)NC(=O)CCc1ccc(S(=O)(=O)Nc2ccc(Cl)cc2CN(Cc2ccco2)C(=O)c2ccccc2Cl)cc1. The molecular formula is C30H27Cl2N3O6S. The highest BCUT2D eigenvalue weighted by Gasteiger charge is 2.23. The molecule has 0 unspecified atom stereocenters. The number of hydrogen-bond acceptors (Lipinski definition) is 6. The van der Waals surface area contributed by atoms with Gasteiger partial charge in [-0.2, -0.15) is 0 Å². The Balaban J connectivity index is 1.56. The Bertz CT molecular complexity index is 1690. The molecular weight excluding hydrogens is 601 g/mol. The normalized spacial score (nSPS) is 11.1. The van der Waals surface area contributed by atoms with Gasteiger partial charge in [0.1, 0.15) is 5.76 Å². The molecule has 0 aliphatic rings. The Morgan fingerprint density at radius 3 is 2.31 bits per heavy atom. The average molecular weight is 629 g/mol. The number of benzene rings is 3. The number of sulfonamides is 1. The molecule has 4 aromatic rings. The van der Waals surface area contributed by atoms with Crippen molar-refractivity contribution in [2.45, 2.75) is 37.8 Å². The molecule has 3 aromatic carbocycles. The Morgan fingerprint density at radius 1 is 0.905 bits per heavy atom. The lowest BCUT2D eigenvalue weighted by Gasteiger charge is -2.24. The van der Waals surface area contributed by atoms with Crippen molar-refractivity contribution in [1.29, 1.82) is 0 Å². The molecule has 42 heavy (non-hydrogen) atoms. The molecule has 3 amide bonds. The van der Waals surface area contributed by atoms with Crippen LogP contribution in [0, 0.1) is 0 Å². The van der Waals surface area contributed by atoms with Gasteiger partial charge >= 0.3 is 0 Å². The summed E-state index contributed by atoms with van der Waals surface area (Å²) in [6.45, 7) is 1.34. The van der Waals surface area contributed by atoms with E-state index in [9.17, 15) is 22.8 Å². The third kappa shape index (κ3) is 8.22. The molecule has 0 radical (unpaired) electrons. The topological polar surface area (TPSA) is 126 Å². The summed E-state index contributed by atoms with van der Waals surface area (Å²) in [4.78, 5) is 37.8. The van der Waals surface area contributed by atoms with Crippen LogP contribution in [0.15, 0.2) is 94.4 Å².